The van der Waals surface area contributed by atoms with E-state index in [0.717, 1.165) is 0 Å². The summed E-state index contributed by atoms with van der Waals surface area (Å²) in [6.07, 6.45) is 0.224. The van der Waals surface area contributed by atoms with Crippen molar-refractivity contribution in [1.82, 2.24) is 20.0 Å². The van der Waals surface area contributed by atoms with Crippen LogP contribution in [0.2, 0.25) is 0 Å². The Bertz CT molecular complexity index is 1210. The molecule has 1 aromatic heterocycles. The van der Waals surface area contributed by atoms with Gasteiger partial charge in [-0.25, -0.2) is 4.68 Å². The molecule has 2 atom stereocenters. The number of likely N-dealkylation sites (tertiary alicyclic amines) is 1. The first-order valence-electron chi connectivity index (χ1n) is 10.1. The fourth-order valence-corrected chi connectivity index (χ4v) is 3.91. The average Bonchev–Trinajstić information content (AvgIpc) is 3.26. The van der Waals surface area contributed by atoms with E-state index >= 15 is 0 Å². The van der Waals surface area contributed by atoms with Crippen molar-refractivity contribution in [1.29, 1.82) is 0 Å². The van der Waals surface area contributed by atoms with Gasteiger partial charge in [-0.1, -0.05) is 18.8 Å². The molecule has 0 saturated carbocycles. The van der Waals surface area contributed by atoms with Crippen molar-refractivity contribution in [3.05, 3.63) is 40.7 Å². The zero-order valence-corrected chi connectivity index (χ0v) is 17.9. The standard InChI is InChI=1S/C22H23N5O5/c1-12-11-32-15-5-4-13(6-7-22(31)8-9-26(3)21(22)30)10-14(15)27-18(12)16(20(29)24-2)17(25-27)19(23)28/h4-5,10,12,31H,8-9,11H2,1-3H3,(H2,23,28)(H,24,29). The van der Waals surface area contributed by atoms with Gasteiger partial charge in [0.15, 0.2) is 5.69 Å². The van der Waals surface area contributed by atoms with Crippen LogP contribution in [0.1, 0.15) is 51.4 Å². The Kier molecular flexibility index (Phi) is 5.14. The monoisotopic (exact) mass is 437 g/mol. The van der Waals surface area contributed by atoms with Crippen LogP contribution < -0.4 is 15.8 Å². The van der Waals surface area contributed by atoms with E-state index in [9.17, 15) is 19.5 Å². The highest BCUT2D eigenvalue weighted by molar-refractivity contribution is 6.06. The summed E-state index contributed by atoms with van der Waals surface area (Å²) in [6.45, 7) is 2.54. The number of rotatable bonds is 2. The van der Waals surface area contributed by atoms with Crippen LogP contribution in [0.15, 0.2) is 18.2 Å². The van der Waals surface area contributed by atoms with Gasteiger partial charge in [0.2, 0.25) is 5.60 Å². The highest BCUT2D eigenvalue weighted by Gasteiger charge is 2.42. The highest BCUT2D eigenvalue weighted by Crippen LogP contribution is 2.35. The summed E-state index contributed by atoms with van der Waals surface area (Å²) in [5.41, 5.74) is 5.20. The second-order valence-corrected chi connectivity index (χ2v) is 7.95. The molecule has 2 aromatic rings. The molecular weight excluding hydrogens is 414 g/mol. The van der Waals surface area contributed by atoms with Crippen LogP contribution in [-0.4, -0.2) is 70.4 Å². The summed E-state index contributed by atoms with van der Waals surface area (Å²) < 4.78 is 7.37. The number of benzene rings is 1. The number of nitrogens with one attached hydrogen (secondary N) is 1. The van der Waals surface area contributed by atoms with E-state index < -0.39 is 23.3 Å². The number of amides is 3. The molecule has 1 aromatic carbocycles. The largest absolute Gasteiger partial charge is 0.491 e. The lowest BCUT2D eigenvalue weighted by atomic mass is 10.0. The molecule has 1 saturated heterocycles. The summed E-state index contributed by atoms with van der Waals surface area (Å²) in [6, 6.07) is 5.06. The fraction of sp³-hybridized carbons (Fsp3) is 0.364. The van der Waals surface area contributed by atoms with Crippen molar-refractivity contribution < 1.29 is 24.2 Å². The van der Waals surface area contributed by atoms with Crippen molar-refractivity contribution in [3.8, 4) is 23.3 Å². The van der Waals surface area contributed by atoms with Gasteiger partial charge in [-0.05, 0) is 18.2 Å². The lowest BCUT2D eigenvalue weighted by Crippen LogP contribution is -2.37. The molecule has 2 aliphatic rings. The normalized spacial score (nSPS) is 21.6. The number of carbonyl (C=O) groups excluding carboxylic acids is 3. The Labute approximate surface area is 184 Å². The van der Waals surface area contributed by atoms with Gasteiger partial charge in [-0.3, -0.25) is 14.4 Å². The molecule has 3 heterocycles. The lowest BCUT2D eigenvalue weighted by molar-refractivity contribution is -0.137. The minimum absolute atomic E-state index is 0.106. The van der Waals surface area contributed by atoms with Crippen molar-refractivity contribution in [3.63, 3.8) is 0 Å². The van der Waals surface area contributed by atoms with Crippen LogP contribution in [0.3, 0.4) is 0 Å². The molecule has 32 heavy (non-hydrogen) atoms. The van der Waals surface area contributed by atoms with Gasteiger partial charge < -0.3 is 25.8 Å². The maximum absolute atomic E-state index is 12.6. The molecule has 4 N–H and O–H groups in total. The predicted octanol–water partition coefficient (Wildman–Crippen LogP) is -0.229. The number of carbonyl (C=O) groups is 3. The molecule has 2 unspecified atom stereocenters. The number of likely N-dealkylation sites (N-methyl/N-ethyl adjacent to an activating group) is 1. The van der Waals surface area contributed by atoms with E-state index in [1.165, 1.54) is 16.6 Å². The topological polar surface area (TPSA) is 140 Å². The molecule has 3 amide bonds. The van der Waals surface area contributed by atoms with E-state index in [4.69, 9.17) is 10.5 Å². The first-order chi connectivity index (χ1) is 15.2. The number of aromatic nitrogens is 2. The number of fused-ring (bicyclic) bond motifs is 3. The molecule has 0 radical (unpaired) electrons. The molecule has 4 rings (SSSR count). The molecule has 2 aliphatic heterocycles. The lowest BCUT2D eigenvalue weighted by Gasteiger charge is -2.13. The number of ether oxygens (including phenoxy) is 1. The van der Waals surface area contributed by atoms with E-state index in [-0.39, 0.29) is 30.2 Å². The summed E-state index contributed by atoms with van der Waals surface area (Å²) in [4.78, 5) is 38.2. The predicted molar refractivity (Wildman–Crippen MR) is 113 cm³/mol. The molecule has 166 valence electrons. The molecule has 1 fully saturated rings. The third kappa shape index (κ3) is 3.36. The Morgan fingerprint density at radius 3 is 2.78 bits per heavy atom. The molecule has 0 bridgehead atoms. The van der Waals surface area contributed by atoms with Crippen LogP contribution in [0.25, 0.3) is 5.69 Å². The van der Waals surface area contributed by atoms with Crippen LogP contribution in [0, 0.1) is 11.8 Å². The third-order valence-electron chi connectivity index (χ3n) is 5.67. The van der Waals surface area contributed by atoms with Gasteiger partial charge in [-0.15, -0.1) is 0 Å². The molecule has 10 nitrogen and oxygen atoms in total. The van der Waals surface area contributed by atoms with E-state index in [1.54, 1.807) is 25.2 Å². The Balaban J connectivity index is 1.85. The van der Waals surface area contributed by atoms with Crippen molar-refractivity contribution in [2.24, 2.45) is 5.73 Å². The van der Waals surface area contributed by atoms with Gasteiger partial charge in [0.05, 0.1) is 17.9 Å². The second-order valence-electron chi connectivity index (χ2n) is 7.95. The number of primary amides is 1. The zero-order valence-electron chi connectivity index (χ0n) is 17.9. The van der Waals surface area contributed by atoms with Crippen molar-refractivity contribution >= 4 is 17.7 Å². The average molecular weight is 437 g/mol. The zero-order chi connectivity index (χ0) is 23.2. The van der Waals surface area contributed by atoms with Crippen LogP contribution >= 0.6 is 0 Å². The van der Waals surface area contributed by atoms with Gasteiger partial charge >= 0.3 is 0 Å². The van der Waals surface area contributed by atoms with Gasteiger partial charge in [0.25, 0.3) is 17.7 Å². The number of nitrogens with two attached hydrogens (primary N) is 1. The number of aliphatic hydroxyl groups is 1. The summed E-state index contributed by atoms with van der Waals surface area (Å²) in [5, 5.41) is 17.4. The van der Waals surface area contributed by atoms with E-state index in [1.807, 2.05) is 6.92 Å². The summed E-state index contributed by atoms with van der Waals surface area (Å²) in [7, 11) is 3.08. The maximum atomic E-state index is 12.6. The summed E-state index contributed by atoms with van der Waals surface area (Å²) in [5.74, 6) is 4.02. The first-order valence-corrected chi connectivity index (χ1v) is 10.1. The quantitative estimate of drug-likeness (QED) is 0.555. The summed E-state index contributed by atoms with van der Waals surface area (Å²) >= 11 is 0. The number of hydrogen-bond donors (Lipinski definition) is 3. The SMILES string of the molecule is CNC(=O)c1c(C(N)=O)nn2c1C(C)COc1ccc(C#CC3(O)CCN(C)C3=O)cc1-2. The highest BCUT2D eigenvalue weighted by atomic mass is 16.5. The first kappa shape index (κ1) is 21.4. The second kappa shape index (κ2) is 7.69. The number of nitrogens with zero attached hydrogens (tertiary/aromatic N) is 3. The third-order valence-corrected chi connectivity index (χ3v) is 5.67. The van der Waals surface area contributed by atoms with Crippen molar-refractivity contribution in [2.75, 3.05) is 27.2 Å². The Morgan fingerprint density at radius 2 is 2.16 bits per heavy atom. The van der Waals surface area contributed by atoms with E-state index in [2.05, 4.69) is 22.3 Å². The molecular formula is C22H23N5O5. The van der Waals surface area contributed by atoms with Gasteiger partial charge in [0.1, 0.15) is 11.4 Å². The Morgan fingerprint density at radius 1 is 1.41 bits per heavy atom. The minimum atomic E-state index is -1.73. The maximum Gasteiger partial charge on any atom is 0.270 e. The fourth-order valence-electron chi connectivity index (χ4n) is 3.91. The number of hydrogen-bond acceptors (Lipinski definition) is 6. The van der Waals surface area contributed by atoms with Crippen LogP contribution in [0.4, 0.5) is 0 Å². The van der Waals surface area contributed by atoms with E-state index in [0.29, 0.717) is 29.2 Å². The van der Waals surface area contributed by atoms with Crippen LogP contribution in [-0.2, 0) is 4.79 Å². The molecule has 10 heteroatoms. The van der Waals surface area contributed by atoms with Gasteiger partial charge in [-0.2, -0.15) is 5.10 Å². The smallest absolute Gasteiger partial charge is 0.270 e. The minimum Gasteiger partial charge on any atom is -0.491 e. The van der Waals surface area contributed by atoms with Crippen molar-refractivity contribution in [2.45, 2.75) is 24.9 Å². The molecule has 0 spiro atoms. The molecule has 0 aliphatic carbocycles. The Hall–Kier alpha value is -3.84. The van der Waals surface area contributed by atoms with Gasteiger partial charge in [0, 0.05) is 38.5 Å². The van der Waals surface area contributed by atoms with Crippen LogP contribution in [0.5, 0.6) is 5.75 Å².